The number of carbonyl (C=O) groups excluding carboxylic acids is 1. The van der Waals surface area contributed by atoms with Crippen molar-refractivity contribution in [3.05, 3.63) is 47.0 Å². The van der Waals surface area contributed by atoms with Gasteiger partial charge in [0.05, 0.1) is 23.9 Å². The molecular formula is C16H14ClN5O3. The number of para-hydroxylation sites is 1. The first-order chi connectivity index (χ1) is 12.1. The van der Waals surface area contributed by atoms with Crippen LogP contribution in [0.1, 0.15) is 5.56 Å². The number of fused-ring (bicyclic) bond motifs is 1. The van der Waals surface area contributed by atoms with Gasteiger partial charge in [0.1, 0.15) is 12.1 Å². The normalized spacial score (nSPS) is 11.1. The number of phenolic OH excluding ortho intramolecular Hbond substituents is 1. The molecule has 1 amide bonds. The van der Waals surface area contributed by atoms with E-state index in [1.54, 1.807) is 6.07 Å². The van der Waals surface area contributed by atoms with Gasteiger partial charge in [-0.1, -0.05) is 28.9 Å². The van der Waals surface area contributed by atoms with Crippen molar-refractivity contribution < 1.29 is 14.6 Å². The number of hydrogen-bond donors (Lipinski definition) is 2. The summed E-state index contributed by atoms with van der Waals surface area (Å²) in [4.78, 5) is 12.0. The number of aromatic hydroxyl groups is 1. The van der Waals surface area contributed by atoms with Crippen LogP contribution in [0.25, 0.3) is 11.0 Å². The predicted molar refractivity (Wildman–Crippen MR) is 92.9 cm³/mol. The summed E-state index contributed by atoms with van der Waals surface area (Å²) < 4.78 is 6.49. The van der Waals surface area contributed by atoms with E-state index in [1.165, 1.54) is 24.1 Å². The molecule has 0 radical (unpaired) electrons. The molecule has 0 atom stereocenters. The number of rotatable bonds is 5. The quantitative estimate of drug-likeness (QED) is 0.535. The summed E-state index contributed by atoms with van der Waals surface area (Å²) in [5.74, 6) is -0.290. The lowest BCUT2D eigenvalue weighted by molar-refractivity contribution is -0.121. The van der Waals surface area contributed by atoms with Gasteiger partial charge in [-0.2, -0.15) is 5.10 Å². The molecular weight excluding hydrogens is 346 g/mol. The van der Waals surface area contributed by atoms with Crippen molar-refractivity contribution in [2.45, 2.75) is 6.54 Å². The first kappa shape index (κ1) is 16.7. The zero-order chi connectivity index (χ0) is 17.8. The molecule has 0 aliphatic carbocycles. The van der Waals surface area contributed by atoms with Crippen LogP contribution in [0.3, 0.4) is 0 Å². The number of nitrogens with one attached hydrogen (secondary N) is 1. The van der Waals surface area contributed by atoms with Crippen molar-refractivity contribution in [1.82, 2.24) is 20.4 Å². The van der Waals surface area contributed by atoms with Gasteiger partial charge in [0.15, 0.2) is 11.5 Å². The molecule has 2 N–H and O–H groups in total. The lowest BCUT2D eigenvalue weighted by Crippen LogP contribution is -2.23. The third kappa shape index (κ3) is 3.69. The highest BCUT2D eigenvalue weighted by Gasteiger charge is 2.09. The minimum absolute atomic E-state index is 0.0164. The molecule has 0 saturated carbocycles. The molecule has 9 heteroatoms. The number of hydrogen-bond acceptors (Lipinski definition) is 6. The van der Waals surface area contributed by atoms with Crippen LogP contribution in [-0.2, 0) is 11.3 Å². The Hall–Kier alpha value is -3.13. The fraction of sp³-hybridized carbons (Fsp3) is 0.125. The predicted octanol–water partition coefficient (Wildman–Crippen LogP) is 1.95. The average molecular weight is 360 g/mol. The zero-order valence-corrected chi connectivity index (χ0v) is 13.9. The Kier molecular flexibility index (Phi) is 4.80. The van der Waals surface area contributed by atoms with Gasteiger partial charge in [0, 0.05) is 0 Å². The van der Waals surface area contributed by atoms with Crippen LogP contribution in [-0.4, -0.2) is 39.3 Å². The van der Waals surface area contributed by atoms with E-state index in [0.29, 0.717) is 11.1 Å². The molecule has 8 nitrogen and oxygen atoms in total. The Morgan fingerprint density at radius 3 is 3.04 bits per heavy atom. The number of halogens is 1. The topological polar surface area (TPSA) is 102 Å². The number of aromatic nitrogens is 3. The molecule has 1 heterocycles. The molecule has 0 saturated heterocycles. The van der Waals surface area contributed by atoms with Crippen LogP contribution in [0.5, 0.6) is 11.5 Å². The van der Waals surface area contributed by atoms with E-state index >= 15 is 0 Å². The Morgan fingerprint density at radius 1 is 1.44 bits per heavy atom. The largest absolute Gasteiger partial charge is 0.503 e. The number of phenols is 1. The van der Waals surface area contributed by atoms with E-state index < -0.39 is 0 Å². The summed E-state index contributed by atoms with van der Waals surface area (Å²) in [5, 5.41) is 21.6. The van der Waals surface area contributed by atoms with Crippen molar-refractivity contribution in [2.24, 2.45) is 5.10 Å². The van der Waals surface area contributed by atoms with E-state index in [1.807, 2.05) is 24.3 Å². The van der Waals surface area contributed by atoms with Crippen LogP contribution < -0.4 is 10.2 Å². The van der Waals surface area contributed by atoms with Gasteiger partial charge in [-0.05, 0) is 29.8 Å². The lowest BCUT2D eigenvalue weighted by atomic mass is 10.2. The molecule has 0 aliphatic rings. The molecule has 0 aliphatic heterocycles. The molecule has 3 aromatic rings. The highest BCUT2D eigenvalue weighted by atomic mass is 35.5. The zero-order valence-electron chi connectivity index (χ0n) is 13.2. The van der Waals surface area contributed by atoms with E-state index in [2.05, 4.69) is 20.8 Å². The summed E-state index contributed by atoms with van der Waals surface area (Å²) >= 11 is 5.89. The van der Waals surface area contributed by atoms with E-state index in [-0.39, 0.29) is 29.0 Å². The lowest BCUT2D eigenvalue weighted by Gasteiger charge is -2.06. The SMILES string of the molecule is COc1cc(C=NNC(=O)Cn2nnc3ccccc32)cc(Cl)c1O. The maximum absolute atomic E-state index is 12.0. The Morgan fingerprint density at radius 2 is 2.24 bits per heavy atom. The van der Waals surface area contributed by atoms with Gasteiger partial charge in [-0.3, -0.25) is 4.79 Å². The fourth-order valence-corrected chi connectivity index (χ4v) is 2.43. The standard InChI is InChI=1S/C16H14ClN5O3/c1-25-14-7-10(6-11(17)16(14)24)8-18-20-15(23)9-22-13-5-3-2-4-12(13)19-21-22/h2-8,24H,9H2,1H3,(H,20,23). The van der Waals surface area contributed by atoms with Crippen molar-refractivity contribution in [1.29, 1.82) is 0 Å². The number of methoxy groups -OCH3 is 1. The number of amides is 1. The first-order valence-electron chi connectivity index (χ1n) is 7.25. The third-order valence-corrected chi connectivity index (χ3v) is 3.68. The van der Waals surface area contributed by atoms with Crippen LogP contribution >= 0.6 is 11.6 Å². The number of carbonyl (C=O) groups is 1. The molecule has 2 aromatic carbocycles. The van der Waals surface area contributed by atoms with Gasteiger partial charge in [0.25, 0.3) is 5.91 Å². The van der Waals surface area contributed by atoms with Crippen molar-refractivity contribution in [3.8, 4) is 11.5 Å². The number of benzene rings is 2. The summed E-state index contributed by atoms with van der Waals surface area (Å²) in [5.41, 5.74) is 4.44. The van der Waals surface area contributed by atoms with Gasteiger partial charge >= 0.3 is 0 Å². The number of nitrogens with zero attached hydrogens (tertiary/aromatic N) is 4. The van der Waals surface area contributed by atoms with Crippen LogP contribution in [0.2, 0.25) is 5.02 Å². The van der Waals surface area contributed by atoms with Gasteiger partial charge in [-0.25, -0.2) is 10.1 Å². The highest BCUT2D eigenvalue weighted by Crippen LogP contribution is 2.34. The van der Waals surface area contributed by atoms with Crippen molar-refractivity contribution in [3.63, 3.8) is 0 Å². The van der Waals surface area contributed by atoms with Crippen molar-refractivity contribution >= 4 is 34.8 Å². The second-order valence-electron chi connectivity index (χ2n) is 5.08. The van der Waals surface area contributed by atoms with E-state index in [0.717, 1.165) is 5.52 Å². The second-order valence-corrected chi connectivity index (χ2v) is 5.49. The molecule has 128 valence electrons. The minimum atomic E-state index is -0.358. The number of hydrazone groups is 1. The average Bonchev–Trinajstić information content (AvgIpc) is 3.01. The maximum Gasteiger partial charge on any atom is 0.261 e. The molecule has 0 bridgehead atoms. The Balaban J connectivity index is 1.66. The molecule has 25 heavy (non-hydrogen) atoms. The summed E-state index contributed by atoms with van der Waals surface area (Å²) in [7, 11) is 1.41. The van der Waals surface area contributed by atoms with E-state index in [9.17, 15) is 9.90 Å². The van der Waals surface area contributed by atoms with Crippen LogP contribution in [0.4, 0.5) is 0 Å². The van der Waals surface area contributed by atoms with Crippen molar-refractivity contribution in [2.75, 3.05) is 7.11 Å². The fourth-order valence-electron chi connectivity index (χ4n) is 2.21. The summed E-state index contributed by atoms with van der Waals surface area (Å²) in [6.07, 6.45) is 1.39. The molecule has 3 rings (SSSR count). The monoisotopic (exact) mass is 359 g/mol. The summed E-state index contributed by atoms with van der Waals surface area (Å²) in [6, 6.07) is 10.4. The smallest absolute Gasteiger partial charge is 0.261 e. The maximum atomic E-state index is 12.0. The summed E-state index contributed by atoms with van der Waals surface area (Å²) in [6.45, 7) is -0.0164. The number of ether oxygens (including phenoxy) is 1. The Labute approximate surface area is 147 Å². The van der Waals surface area contributed by atoms with Crippen LogP contribution in [0, 0.1) is 0 Å². The van der Waals surface area contributed by atoms with Gasteiger partial charge < -0.3 is 9.84 Å². The molecule has 1 aromatic heterocycles. The minimum Gasteiger partial charge on any atom is -0.503 e. The second kappa shape index (κ2) is 7.18. The Bertz CT molecular complexity index is 954. The molecule has 0 fully saturated rings. The first-order valence-corrected chi connectivity index (χ1v) is 7.63. The van der Waals surface area contributed by atoms with Gasteiger partial charge in [-0.15, -0.1) is 5.10 Å². The molecule has 0 spiro atoms. The van der Waals surface area contributed by atoms with E-state index in [4.69, 9.17) is 16.3 Å². The van der Waals surface area contributed by atoms with Gasteiger partial charge in [0.2, 0.25) is 0 Å². The third-order valence-electron chi connectivity index (χ3n) is 3.39. The molecule has 0 unspecified atom stereocenters. The van der Waals surface area contributed by atoms with Crippen LogP contribution in [0.15, 0.2) is 41.5 Å². The highest BCUT2D eigenvalue weighted by molar-refractivity contribution is 6.32.